The third-order valence-electron chi connectivity index (χ3n) is 8.01. The van der Waals surface area contributed by atoms with Crippen molar-refractivity contribution in [3.8, 4) is 6.07 Å². The van der Waals surface area contributed by atoms with E-state index in [0.717, 1.165) is 66.7 Å². The number of rotatable bonds is 8. The summed E-state index contributed by atoms with van der Waals surface area (Å²) in [6, 6.07) is 14.4. The van der Waals surface area contributed by atoms with Crippen LogP contribution >= 0.6 is 11.3 Å². The van der Waals surface area contributed by atoms with Crippen LogP contribution in [0.5, 0.6) is 0 Å². The number of hydrogen-bond donors (Lipinski definition) is 1. The zero-order valence-electron chi connectivity index (χ0n) is 23.2. The second kappa shape index (κ2) is 11.7. The Bertz CT molecular complexity index is 1750. The number of thiophene rings is 1. The van der Waals surface area contributed by atoms with Gasteiger partial charge in [-0.05, 0) is 67.1 Å². The van der Waals surface area contributed by atoms with Gasteiger partial charge < -0.3 is 9.88 Å². The summed E-state index contributed by atoms with van der Waals surface area (Å²) >= 11 is 1.07. The van der Waals surface area contributed by atoms with Crippen molar-refractivity contribution >= 4 is 38.3 Å². The van der Waals surface area contributed by atoms with Crippen LogP contribution in [0.2, 0.25) is 0 Å². The van der Waals surface area contributed by atoms with Gasteiger partial charge in [0.05, 0.1) is 11.8 Å². The van der Waals surface area contributed by atoms with Crippen molar-refractivity contribution in [1.29, 1.82) is 5.26 Å². The number of piperidine rings is 1. The number of nitrogens with one attached hydrogen (secondary N) is 1. The molecule has 11 heteroatoms. The minimum Gasteiger partial charge on any atom is -0.367 e. The van der Waals surface area contributed by atoms with Gasteiger partial charge in [-0.15, -0.1) is 11.3 Å². The van der Waals surface area contributed by atoms with Crippen molar-refractivity contribution in [3.05, 3.63) is 82.4 Å². The van der Waals surface area contributed by atoms with E-state index in [-0.39, 0.29) is 10.9 Å². The number of nitrogens with zero attached hydrogens (tertiary/aromatic N) is 6. The molecule has 1 fully saturated rings. The number of aryl methyl sites for hydroxylation is 3. The lowest BCUT2D eigenvalue weighted by Crippen LogP contribution is -2.39. The molecule has 0 atom stereocenters. The fourth-order valence-electron chi connectivity index (χ4n) is 5.79. The lowest BCUT2D eigenvalue weighted by atomic mass is 10.0. The number of halogens is 3. The molecule has 7 nitrogen and oxygen atoms in total. The van der Waals surface area contributed by atoms with Gasteiger partial charge in [0, 0.05) is 60.4 Å². The van der Waals surface area contributed by atoms with Crippen LogP contribution in [0.1, 0.15) is 40.1 Å². The standard InChI is InChI=1S/C31H30F3N7S/c1-20-22(4-5-28-26(20)13-24(16-35)41(28)12-6-21-3-2-9-36-17-21)18-40-10-7-23(8-11-40)39-29-27-14-25(15-31(32,33)34)42-30(27)38-19-37-29/h2-5,9,13-14,17,19,23H,6-8,10-12,15,18H2,1H3,(H,37,38,39). The molecule has 0 spiro atoms. The molecule has 5 aromatic rings. The van der Waals surface area contributed by atoms with Crippen molar-refractivity contribution in [2.75, 3.05) is 18.4 Å². The highest BCUT2D eigenvalue weighted by molar-refractivity contribution is 7.18. The monoisotopic (exact) mass is 589 g/mol. The van der Waals surface area contributed by atoms with Gasteiger partial charge in [0.25, 0.3) is 0 Å². The Kier molecular flexibility index (Phi) is 7.84. The maximum Gasteiger partial charge on any atom is 0.393 e. The van der Waals surface area contributed by atoms with Crippen LogP contribution in [0.3, 0.4) is 0 Å². The summed E-state index contributed by atoms with van der Waals surface area (Å²) in [5.74, 6) is 0.603. The van der Waals surface area contributed by atoms with Crippen molar-refractivity contribution < 1.29 is 13.2 Å². The molecule has 42 heavy (non-hydrogen) atoms. The van der Waals surface area contributed by atoms with Crippen LogP contribution in [-0.2, 0) is 25.9 Å². The van der Waals surface area contributed by atoms with Gasteiger partial charge in [-0.2, -0.15) is 18.4 Å². The minimum atomic E-state index is -4.25. The topological polar surface area (TPSA) is 82.7 Å². The molecule has 0 radical (unpaired) electrons. The second-order valence-electron chi connectivity index (χ2n) is 10.8. The van der Waals surface area contributed by atoms with E-state index in [1.54, 1.807) is 12.3 Å². The Morgan fingerprint density at radius 1 is 1.12 bits per heavy atom. The molecule has 1 aliphatic rings. The number of aromatic nitrogens is 4. The van der Waals surface area contributed by atoms with Gasteiger partial charge in [0.2, 0.25) is 0 Å². The number of pyridine rings is 1. The number of anilines is 1. The van der Waals surface area contributed by atoms with Crippen molar-refractivity contribution in [1.82, 2.24) is 24.4 Å². The molecule has 0 bridgehead atoms. The van der Waals surface area contributed by atoms with Crippen LogP contribution in [0.15, 0.2) is 55.1 Å². The fraction of sp³-hybridized carbons (Fsp3) is 0.355. The average Bonchev–Trinajstić information content (AvgIpc) is 3.55. The van der Waals surface area contributed by atoms with Crippen molar-refractivity contribution in [3.63, 3.8) is 0 Å². The molecule has 0 aliphatic carbocycles. The first kappa shape index (κ1) is 28.1. The average molecular weight is 590 g/mol. The normalized spacial score (nSPS) is 14.9. The van der Waals surface area contributed by atoms with E-state index >= 15 is 0 Å². The molecular formula is C31H30F3N7S. The summed E-state index contributed by atoms with van der Waals surface area (Å²) in [6.07, 6.45) is 2.44. The van der Waals surface area contributed by atoms with Crippen molar-refractivity contribution in [2.24, 2.45) is 0 Å². The van der Waals surface area contributed by atoms with Crippen LogP contribution in [0.4, 0.5) is 19.0 Å². The van der Waals surface area contributed by atoms with E-state index in [2.05, 4.69) is 60.9 Å². The molecule has 6 rings (SSSR count). The largest absolute Gasteiger partial charge is 0.393 e. The van der Waals surface area contributed by atoms with E-state index < -0.39 is 12.6 Å². The lowest BCUT2D eigenvalue weighted by Gasteiger charge is -2.33. The molecule has 0 amide bonds. The zero-order valence-corrected chi connectivity index (χ0v) is 24.0. The molecular weight excluding hydrogens is 559 g/mol. The molecule has 5 heterocycles. The summed E-state index contributed by atoms with van der Waals surface area (Å²) in [5, 5.41) is 15.1. The predicted molar refractivity (Wildman–Crippen MR) is 158 cm³/mol. The SMILES string of the molecule is Cc1c(CN2CCC(Nc3ncnc4sc(CC(F)(F)F)cc34)CC2)ccc2c1cc(C#N)n2CCc1cccnc1. The molecule has 4 aromatic heterocycles. The Hall–Kier alpha value is -4.01. The van der Waals surface area contributed by atoms with Crippen LogP contribution < -0.4 is 5.32 Å². The number of hydrogen-bond acceptors (Lipinski definition) is 7. The summed E-state index contributed by atoms with van der Waals surface area (Å²) in [7, 11) is 0. The van der Waals surface area contributed by atoms with Gasteiger partial charge in [-0.25, -0.2) is 9.97 Å². The van der Waals surface area contributed by atoms with Crippen molar-refractivity contribution in [2.45, 2.75) is 57.9 Å². The maximum absolute atomic E-state index is 12.9. The molecule has 1 saturated heterocycles. The Balaban J connectivity index is 1.10. The number of fused-ring (bicyclic) bond motifs is 2. The van der Waals surface area contributed by atoms with Crippen LogP contribution in [0.25, 0.3) is 21.1 Å². The highest BCUT2D eigenvalue weighted by Gasteiger charge is 2.29. The molecule has 0 unspecified atom stereocenters. The predicted octanol–water partition coefficient (Wildman–Crippen LogP) is 6.65. The second-order valence-corrected chi connectivity index (χ2v) is 11.9. The number of alkyl halides is 3. The molecule has 1 N–H and O–H groups in total. The molecule has 0 saturated carbocycles. The third kappa shape index (κ3) is 6.10. The van der Waals surface area contributed by atoms with Gasteiger partial charge >= 0.3 is 6.18 Å². The van der Waals surface area contributed by atoms with E-state index in [1.807, 2.05) is 18.3 Å². The third-order valence-corrected chi connectivity index (χ3v) is 9.05. The first-order chi connectivity index (χ1) is 20.3. The number of nitriles is 1. The molecule has 1 aromatic carbocycles. The first-order valence-electron chi connectivity index (χ1n) is 14.0. The van der Waals surface area contributed by atoms with E-state index in [1.165, 1.54) is 17.5 Å². The molecule has 1 aliphatic heterocycles. The van der Waals surface area contributed by atoms with Crippen LogP contribution in [0, 0.1) is 18.3 Å². The highest BCUT2D eigenvalue weighted by atomic mass is 32.1. The number of benzene rings is 1. The highest BCUT2D eigenvalue weighted by Crippen LogP contribution is 2.33. The first-order valence-corrected chi connectivity index (χ1v) is 14.8. The quantitative estimate of drug-likeness (QED) is 0.218. The Morgan fingerprint density at radius 2 is 1.95 bits per heavy atom. The van der Waals surface area contributed by atoms with Gasteiger partial charge in [0.1, 0.15) is 28.7 Å². The van der Waals surface area contributed by atoms with Gasteiger partial charge in [-0.1, -0.05) is 12.1 Å². The summed E-state index contributed by atoms with van der Waals surface area (Å²) in [6.45, 7) is 5.45. The van der Waals surface area contributed by atoms with E-state index in [0.29, 0.717) is 28.3 Å². The minimum absolute atomic E-state index is 0.181. The Labute approximate surface area is 245 Å². The summed E-state index contributed by atoms with van der Waals surface area (Å²) in [4.78, 5) is 16.0. The smallest absolute Gasteiger partial charge is 0.367 e. The van der Waals surface area contributed by atoms with Crippen LogP contribution in [-0.4, -0.2) is 49.7 Å². The Morgan fingerprint density at radius 3 is 2.69 bits per heavy atom. The summed E-state index contributed by atoms with van der Waals surface area (Å²) in [5.41, 5.74) is 5.31. The van der Waals surface area contributed by atoms with Gasteiger partial charge in [-0.3, -0.25) is 9.88 Å². The zero-order chi connectivity index (χ0) is 29.3. The number of likely N-dealkylation sites (tertiary alicyclic amines) is 1. The maximum atomic E-state index is 12.9. The van der Waals surface area contributed by atoms with E-state index in [4.69, 9.17) is 0 Å². The lowest BCUT2D eigenvalue weighted by molar-refractivity contribution is -0.126. The van der Waals surface area contributed by atoms with Gasteiger partial charge in [0.15, 0.2) is 0 Å². The van der Waals surface area contributed by atoms with E-state index in [9.17, 15) is 18.4 Å². The molecule has 216 valence electrons. The fourth-order valence-corrected chi connectivity index (χ4v) is 6.81. The summed E-state index contributed by atoms with van der Waals surface area (Å²) < 4.78 is 40.8.